The number of likely N-dealkylation sites (N-methyl/N-ethyl adjacent to an activating group) is 1. The van der Waals surface area contributed by atoms with E-state index < -0.39 is 0 Å². The number of amides is 3. The van der Waals surface area contributed by atoms with Crippen LogP contribution in [0.4, 0.5) is 10.6 Å². The van der Waals surface area contributed by atoms with Crippen LogP contribution < -0.4 is 10.2 Å². The second kappa shape index (κ2) is 14.7. The number of piperazine rings is 1. The van der Waals surface area contributed by atoms with Gasteiger partial charge in [0.15, 0.2) is 6.29 Å². The first-order valence-electron chi connectivity index (χ1n) is 14.3. The van der Waals surface area contributed by atoms with Crippen molar-refractivity contribution in [1.29, 1.82) is 0 Å². The molecule has 3 amide bonds. The minimum Gasteiger partial charge on any atom is -0.336 e. The number of hydrogen-bond acceptors (Lipinski definition) is 6. The van der Waals surface area contributed by atoms with Gasteiger partial charge in [-0.15, -0.1) is 0 Å². The molecule has 3 heterocycles. The number of carbonyl (C=O) groups excluding carboxylic acids is 3. The van der Waals surface area contributed by atoms with Gasteiger partial charge in [-0.3, -0.25) is 24.4 Å². The van der Waals surface area contributed by atoms with Crippen LogP contribution in [0.25, 0.3) is 0 Å². The van der Waals surface area contributed by atoms with Crippen molar-refractivity contribution in [2.45, 2.75) is 66.8 Å². The summed E-state index contributed by atoms with van der Waals surface area (Å²) in [5, 5.41) is 2.99. The van der Waals surface area contributed by atoms with Gasteiger partial charge < -0.3 is 10.2 Å². The van der Waals surface area contributed by atoms with Crippen LogP contribution in [0.15, 0.2) is 46.3 Å². The molecule has 2 aliphatic heterocycles. The molecule has 40 heavy (non-hydrogen) atoms. The zero-order chi connectivity index (χ0) is 29.2. The molecule has 3 rings (SSSR count). The van der Waals surface area contributed by atoms with E-state index in [-0.39, 0.29) is 17.6 Å². The molecule has 216 valence electrons. The van der Waals surface area contributed by atoms with Crippen molar-refractivity contribution < 1.29 is 14.4 Å². The molecule has 9 nitrogen and oxygen atoms in total. The molecule has 1 aromatic heterocycles. The minimum atomic E-state index is -0.289. The molecule has 1 atom stereocenters. The minimum absolute atomic E-state index is 0.0369. The van der Waals surface area contributed by atoms with Crippen molar-refractivity contribution in [3.63, 3.8) is 0 Å². The Bertz CT molecular complexity index is 1220. The van der Waals surface area contributed by atoms with Gasteiger partial charge in [0.05, 0.1) is 12.2 Å². The summed E-state index contributed by atoms with van der Waals surface area (Å²) in [6.07, 6.45) is 12.2. The van der Waals surface area contributed by atoms with Gasteiger partial charge in [-0.05, 0) is 81.9 Å². The topological polar surface area (TPSA) is 98.2 Å². The molecule has 0 aromatic carbocycles. The summed E-state index contributed by atoms with van der Waals surface area (Å²) in [4.78, 5) is 52.5. The summed E-state index contributed by atoms with van der Waals surface area (Å²) in [7, 11) is 1.92. The lowest BCUT2D eigenvalue weighted by Crippen LogP contribution is -2.48. The molecule has 0 bridgehead atoms. The van der Waals surface area contributed by atoms with Gasteiger partial charge in [-0.2, -0.15) is 0 Å². The van der Waals surface area contributed by atoms with E-state index in [9.17, 15) is 14.4 Å². The number of hydrogen-bond donors (Lipinski definition) is 1. The van der Waals surface area contributed by atoms with Gasteiger partial charge in [-0.25, -0.2) is 9.78 Å². The maximum atomic E-state index is 13.4. The van der Waals surface area contributed by atoms with Crippen molar-refractivity contribution >= 4 is 30.3 Å². The molecule has 2 aliphatic rings. The van der Waals surface area contributed by atoms with E-state index in [1.807, 2.05) is 50.2 Å². The van der Waals surface area contributed by atoms with Crippen LogP contribution in [-0.4, -0.2) is 72.4 Å². The maximum absolute atomic E-state index is 13.4. The molecular formula is C31H44N6O3. The number of carbonyl (C=O) groups is 3. The number of aryl methyl sites for hydroxylation is 1. The third kappa shape index (κ3) is 8.21. The first-order chi connectivity index (χ1) is 19.2. The Hall–Kier alpha value is -3.59. The normalized spacial score (nSPS) is 18.2. The van der Waals surface area contributed by atoms with Gasteiger partial charge in [0.2, 0.25) is 5.91 Å². The Morgan fingerprint density at radius 2 is 2.00 bits per heavy atom. The first kappa shape index (κ1) is 30.9. The summed E-state index contributed by atoms with van der Waals surface area (Å²) in [5.41, 5.74) is 4.40. The van der Waals surface area contributed by atoms with Crippen LogP contribution in [0.5, 0.6) is 0 Å². The Kier molecular flexibility index (Phi) is 11.4. The Morgan fingerprint density at radius 3 is 2.67 bits per heavy atom. The third-order valence-corrected chi connectivity index (χ3v) is 7.27. The van der Waals surface area contributed by atoms with E-state index in [0.29, 0.717) is 49.9 Å². The summed E-state index contributed by atoms with van der Waals surface area (Å²) in [6, 6.07) is 1.65. The highest BCUT2D eigenvalue weighted by Gasteiger charge is 2.28. The van der Waals surface area contributed by atoms with Gasteiger partial charge in [0, 0.05) is 43.7 Å². The van der Waals surface area contributed by atoms with Crippen LogP contribution >= 0.6 is 0 Å². The van der Waals surface area contributed by atoms with E-state index >= 15 is 0 Å². The van der Waals surface area contributed by atoms with Crippen molar-refractivity contribution in [3.05, 3.63) is 58.1 Å². The standard InChI is InChI=1S/C31H44N6O3/c1-7-9-12-27(32-18-22(3)8-2)23(4)16-24(5)33-31(40)37-13-10-11-25-17-26(28(21-38)34-30(25)37)19-36-15-14-35(6)20-29(36)39/h9,12,16-18,21-22H,7-8,10-11,13-15,19-20H2,1-6H3,(H,33,40)/b12-9+,24-16+,27-23+,32-18-. The number of urea groups is 1. The summed E-state index contributed by atoms with van der Waals surface area (Å²) < 4.78 is 0. The number of aromatic nitrogens is 1. The fourth-order valence-corrected chi connectivity index (χ4v) is 4.67. The number of aliphatic imine (C=N–C) groups is 1. The number of rotatable bonds is 10. The molecule has 9 heteroatoms. The largest absolute Gasteiger partial charge is 0.336 e. The smallest absolute Gasteiger partial charge is 0.327 e. The number of aldehydes is 1. The predicted octanol–water partition coefficient (Wildman–Crippen LogP) is 4.89. The van der Waals surface area contributed by atoms with E-state index in [2.05, 4.69) is 37.1 Å². The highest BCUT2D eigenvalue weighted by molar-refractivity contribution is 5.94. The van der Waals surface area contributed by atoms with Crippen molar-refractivity contribution in [2.75, 3.05) is 38.1 Å². The Balaban J connectivity index is 1.81. The lowest BCUT2D eigenvalue weighted by molar-refractivity contribution is -0.136. The molecule has 1 fully saturated rings. The van der Waals surface area contributed by atoms with E-state index in [1.54, 1.807) is 9.80 Å². The second-order valence-corrected chi connectivity index (χ2v) is 10.7. The van der Waals surface area contributed by atoms with Gasteiger partial charge in [-0.1, -0.05) is 26.8 Å². The van der Waals surface area contributed by atoms with E-state index in [4.69, 9.17) is 4.99 Å². The Labute approximate surface area is 238 Å². The Morgan fingerprint density at radius 1 is 1.23 bits per heavy atom. The molecule has 0 saturated carbocycles. The SMILES string of the molecule is CC/C=C/C(/N=C\C(C)CC)=C(C)\C=C(/C)NC(=O)N1CCCc2cc(CN3CCN(C)CC3=O)c(C=O)nc21. The number of nitrogens with one attached hydrogen (secondary N) is 1. The summed E-state index contributed by atoms with van der Waals surface area (Å²) in [5.74, 6) is 0.923. The zero-order valence-corrected chi connectivity index (χ0v) is 24.9. The number of pyridine rings is 1. The molecule has 0 spiro atoms. The number of anilines is 1. The lowest BCUT2D eigenvalue weighted by atomic mass is 10.0. The van der Waals surface area contributed by atoms with Crippen LogP contribution in [0.3, 0.4) is 0 Å². The van der Waals surface area contributed by atoms with Crippen LogP contribution in [0, 0.1) is 5.92 Å². The van der Waals surface area contributed by atoms with Gasteiger partial charge in [0.25, 0.3) is 0 Å². The molecule has 1 unspecified atom stereocenters. The van der Waals surface area contributed by atoms with Crippen molar-refractivity contribution in [2.24, 2.45) is 10.9 Å². The number of allylic oxidation sites excluding steroid dienone is 5. The third-order valence-electron chi connectivity index (χ3n) is 7.27. The van der Waals surface area contributed by atoms with Crippen LogP contribution in [-0.2, 0) is 17.8 Å². The number of nitrogens with zero attached hydrogens (tertiary/aromatic N) is 5. The zero-order valence-electron chi connectivity index (χ0n) is 24.9. The molecule has 1 saturated heterocycles. The monoisotopic (exact) mass is 548 g/mol. The molecule has 0 radical (unpaired) electrons. The van der Waals surface area contributed by atoms with Gasteiger partial charge >= 0.3 is 6.03 Å². The predicted molar refractivity (Wildman–Crippen MR) is 161 cm³/mol. The molecule has 0 aliphatic carbocycles. The fraction of sp³-hybridized carbons (Fsp3) is 0.516. The van der Waals surface area contributed by atoms with Crippen LogP contribution in [0.1, 0.15) is 75.5 Å². The lowest BCUT2D eigenvalue weighted by Gasteiger charge is -2.33. The van der Waals surface area contributed by atoms with Gasteiger partial charge in [0.1, 0.15) is 11.5 Å². The maximum Gasteiger partial charge on any atom is 0.327 e. The average Bonchev–Trinajstić information content (AvgIpc) is 2.93. The van der Waals surface area contributed by atoms with E-state index in [1.165, 1.54) is 0 Å². The quantitative estimate of drug-likeness (QED) is 0.255. The summed E-state index contributed by atoms with van der Waals surface area (Å²) >= 11 is 0. The highest BCUT2D eigenvalue weighted by Crippen LogP contribution is 2.28. The van der Waals surface area contributed by atoms with Crippen molar-refractivity contribution in [1.82, 2.24) is 20.1 Å². The average molecular weight is 549 g/mol. The molecular weight excluding hydrogens is 504 g/mol. The van der Waals surface area contributed by atoms with Crippen LogP contribution in [0.2, 0.25) is 0 Å². The fourth-order valence-electron chi connectivity index (χ4n) is 4.67. The van der Waals surface area contributed by atoms with E-state index in [0.717, 1.165) is 54.6 Å². The molecule has 1 N–H and O–H groups in total. The van der Waals surface area contributed by atoms with Crippen molar-refractivity contribution in [3.8, 4) is 0 Å². The molecule has 1 aromatic rings. The number of fused-ring (bicyclic) bond motifs is 1. The summed E-state index contributed by atoms with van der Waals surface area (Å²) in [6.45, 7) is 12.8. The second-order valence-electron chi connectivity index (χ2n) is 10.7. The highest BCUT2D eigenvalue weighted by atomic mass is 16.2. The first-order valence-corrected chi connectivity index (χ1v) is 14.3.